The Morgan fingerprint density at radius 1 is 1.14 bits per heavy atom. The fraction of sp³-hybridized carbons (Fsp3) is 0.467. The van der Waals surface area contributed by atoms with E-state index in [1.54, 1.807) is 20.8 Å². The molecule has 22 heavy (non-hydrogen) atoms. The molecule has 0 fully saturated rings. The molecule has 0 bridgehead atoms. The number of carbonyl (C=O) groups is 2. The second kappa shape index (κ2) is 6.65. The van der Waals surface area contributed by atoms with Gasteiger partial charge in [0.2, 0.25) is 0 Å². The van der Waals surface area contributed by atoms with Crippen molar-refractivity contribution in [3.63, 3.8) is 0 Å². The molecule has 1 rings (SSSR count). The van der Waals surface area contributed by atoms with E-state index in [4.69, 9.17) is 4.74 Å². The number of phenols is 1. The Hall–Kier alpha value is -2.28. The Balaban J connectivity index is 2.77. The molecule has 122 valence electrons. The third-order valence-electron chi connectivity index (χ3n) is 2.72. The largest absolute Gasteiger partial charge is 0.508 e. The van der Waals surface area contributed by atoms with Gasteiger partial charge in [-0.25, -0.2) is 4.79 Å². The monoisotopic (exact) mass is 310 g/mol. The minimum absolute atomic E-state index is 0.0646. The number of carbonyl (C=O) groups excluding carboxylic acids is 2. The first-order valence-electron chi connectivity index (χ1n) is 6.78. The molecule has 1 aromatic carbocycles. The van der Waals surface area contributed by atoms with Gasteiger partial charge < -0.3 is 25.6 Å². The van der Waals surface area contributed by atoms with Crippen LogP contribution in [0.4, 0.5) is 10.5 Å². The highest BCUT2D eigenvalue weighted by atomic mass is 16.6. The van der Waals surface area contributed by atoms with Crippen molar-refractivity contribution >= 4 is 17.7 Å². The summed E-state index contributed by atoms with van der Waals surface area (Å²) in [5.74, 6) is -0.540. The van der Waals surface area contributed by atoms with E-state index < -0.39 is 29.7 Å². The number of phenolic OH excluding ortho intramolecular Hbond substituents is 1. The maximum atomic E-state index is 12.2. The van der Waals surface area contributed by atoms with Crippen LogP contribution in [0.15, 0.2) is 24.3 Å². The van der Waals surface area contributed by atoms with E-state index in [9.17, 15) is 19.8 Å². The summed E-state index contributed by atoms with van der Waals surface area (Å²) in [6.07, 6.45) is -0.801. The predicted octanol–water partition coefficient (Wildman–Crippen LogP) is 1.61. The van der Waals surface area contributed by atoms with Crippen molar-refractivity contribution in [2.45, 2.75) is 38.8 Å². The summed E-state index contributed by atoms with van der Waals surface area (Å²) in [5, 5.41) is 23.6. The van der Waals surface area contributed by atoms with E-state index >= 15 is 0 Å². The molecule has 0 unspecified atom stereocenters. The highest BCUT2D eigenvalue weighted by molar-refractivity contribution is 5.99. The van der Waals surface area contributed by atoms with Crippen molar-refractivity contribution in [2.24, 2.45) is 0 Å². The molecule has 0 aliphatic heterocycles. The molecular formula is C15H22N2O5. The predicted molar refractivity (Wildman–Crippen MR) is 81.6 cm³/mol. The Kier molecular flexibility index (Phi) is 5.38. The van der Waals surface area contributed by atoms with Crippen LogP contribution in [0.1, 0.15) is 27.7 Å². The zero-order chi connectivity index (χ0) is 17.0. The van der Waals surface area contributed by atoms with Crippen molar-refractivity contribution in [1.29, 1.82) is 0 Å². The first-order chi connectivity index (χ1) is 10.1. The van der Waals surface area contributed by atoms with Gasteiger partial charge in [-0.2, -0.15) is 0 Å². The normalized spacial score (nSPS) is 13.9. The Bertz CT molecular complexity index is 536. The third-order valence-corrected chi connectivity index (χ3v) is 2.72. The molecule has 0 spiro atoms. The molecular weight excluding hydrogens is 288 g/mol. The van der Waals surface area contributed by atoms with Gasteiger partial charge >= 0.3 is 6.09 Å². The minimum Gasteiger partial charge on any atom is -0.508 e. The number of hydrogen-bond acceptors (Lipinski definition) is 5. The zero-order valence-electron chi connectivity index (χ0n) is 13.1. The average molecular weight is 310 g/mol. The van der Waals surface area contributed by atoms with Crippen LogP contribution in [0.2, 0.25) is 0 Å². The number of aliphatic hydroxyl groups is 1. The number of hydrogen-bond donors (Lipinski definition) is 4. The van der Waals surface area contributed by atoms with E-state index in [2.05, 4.69) is 10.6 Å². The molecule has 4 N–H and O–H groups in total. The number of benzene rings is 1. The highest BCUT2D eigenvalue weighted by Crippen LogP contribution is 2.16. The van der Waals surface area contributed by atoms with Crippen molar-refractivity contribution in [2.75, 3.05) is 11.9 Å². The number of amides is 2. The van der Waals surface area contributed by atoms with Crippen LogP contribution in [0.5, 0.6) is 5.75 Å². The highest BCUT2D eigenvalue weighted by Gasteiger charge is 2.36. The number of anilines is 1. The molecule has 2 amide bonds. The Labute approximate surface area is 129 Å². The number of ether oxygens (including phenoxy) is 1. The molecule has 0 aromatic heterocycles. The summed E-state index contributed by atoms with van der Waals surface area (Å²) >= 11 is 0. The summed E-state index contributed by atoms with van der Waals surface area (Å²) in [6.45, 7) is 5.86. The van der Waals surface area contributed by atoms with E-state index in [1.165, 1.54) is 31.2 Å². The molecule has 7 nitrogen and oxygen atoms in total. The van der Waals surface area contributed by atoms with Crippen LogP contribution in [-0.2, 0) is 9.53 Å². The van der Waals surface area contributed by atoms with Gasteiger partial charge in [-0.3, -0.25) is 4.79 Å². The number of nitrogens with one attached hydrogen (secondary N) is 2. The zero-order valence-corrected chi connectivity index (χ0v) is 13.1. The summed E-state index contributed by atoms with van der Waals surface area (Å²) < 4.78 is 5.08. The lowest BCUT2D eigenvalue weighted by Crippen LogP contribution is -2.58. The lowest BCUT2D eigenvalue weighted by atomic mass is 10.0. The van der Waals surface area contributed by atoms with Crippen molar-refractivity contribution in [3.8, 4) is 5.75 Å². The van der Waals surface area contributed by atoms with E-state index in [0.717, 1.165) is 0 Å². The number of aromatic hydroxyl groups is 1. The lowest BCUT2D eigenvalue weighted by Gasteiger charge is -2.29. The van der Waals surface area contributed by atoms with Crippen LogP contribution in [0.3, 0.4) is 0 Å². The molecule has 7 heteroatoms. The number of rotatable bonds is 4. The van der Waals surface area contributed by atoms with Gasteiger partial charge in [0.15, 0.2) is 0 Å². The van der Waals surface area contributed by atoms with Gasteiger partial charge in [-0.1, -0.05) is 0 Å². The molecule has 0 aliphatic rings. The second-order valence-electron chi connectivity index (χ2n) is 6.12. The topological polar surface area (TPSA) is 108 Å². The van der Waals surface area contributed by atoms with Crippen LogP contribution >= 0.6 is 0 Å². The fourth-order valence-electron chi connectivity index (χ4n) is 1.51. The van der Waals surface area contributed by atoms with Crippen molar-refractivity contribution in [1.82, 2.24) is 5.32 Å². The van der Waals surface area contributed by atoms with Crippen LogP contribution in [-0.4, -0.2) is 40.0 Å². The van der Waals surface area contributed by atoms with E-state index in [0.29, 0.717) is 5.69 Å². The molecule has 0 saturated heterocycles. The first kappa shape index (κ1) is 17.8. The third kappa shape index (κ3) is 5.25. The summed E-state index contributed by atoms with van der Waals surface area (Å²) in [5.41, 5.74) is -1.83. The van der Waals surface area contributed by atoms with Gasteiger partial charge in [0.05, 0.1) is 6.61 Å². The lowest BCUT2D eigenvalue weighted by molar-refractivity contribution is -0.123. The standard InChI is InChI=1S/C15H22N2O5/c1-14(2,3)22-13(21)17-15(4,9-18)12(20)16-10-5-7-11(19)8-6-10/h5-8,18-19H,9H2,1-4H3,(H,16,20)(H,17,21)/t15-/m0/s1. The molecule has 1 atom stereocenters. The maximum Gasteiger partial charge on any atom is 0.408 e. The molecule has 0 aliphatic carbocycles. The molecule has 0 saturated carbocycles. The van der Waals surface area contributed by atoms with E-state index in [-0.39, 0.29) is 5.75 Å². The average Bonchev–Trinajstić information content (AvgIpc) is 2.38. The smallest absolute Gasteiger partial charge is 0.408 e. The van der Waals surface area contributed by atoms with Crippen molar-refractivity contribution < 1.29 is 24.5 Å². The van der Waals surface area contributed by atoms with Gasteiger partial charge in [0, 0.05) is 5.69 Å². The van der Waals surface area contributed by atoms with Crippen LogP contribution in [0, 0.1) is 0 Å². The molecule has 0 heterocycles. The van der Waals surface area contributed by atoms with Gasteiger partial charge in [-0.05, 0) is 52.0 Å². The molecule has 1 aromatic rings. The first-order valence-corrected chi connectivity index (χ1v) is 6.78. The fourth-order valence-corrected chi connectivity index (χ4v) is 1.51. The van der Waals surface area contributed by atoms with E-state index in [1.807, 2.05) is 0 Å². The van der Waals surface area contributed by atoms with Crippen molar-refractivity contribution in [3.05, 3.63) is 24.3 Å². The summed E-state index contributed by atoms with van der Waals surface area (Å²) in [6, 6.07) is 5.82. The Morgan fingerprint density at radius 3 is 2.14 bits per heavy atom. The minimum atomic E-state index is -1.54. The van der Waals surface area contributed by atoms with Crippen LogP contribution < -0.4 is 10.6 Å². The Morgan fingerprint density at radius 2 is 1.68 bits per heavy atom. The van der Waals surface area contributed by atoms with Gasteiger partial charge in [0.25, 0.3) is 5.91 Å². The summed E-state index contributed by atoms with van der Waals surface area (Å²) in [4.78, 5) is 24.0. The summed E-state index contributed by atoms with van der Waals surface area (Å²) in [7, 11) is 0. The SMILES string of the molecule is CC(C)(C)OC(=O)N[C@@](C)(CO)C(=O)Nc1ccc(O)cc1. The molecule has 0 radical (unpaired) electrons. The quantitative estimate of drug-likeness (QED) is 0.632. The maximum absolute atomic E-state index is 12.2. The van der Waals surface area contributed by atoms with Crippen LogP contribution in [0.25, 0.3) is 0 Å². The number of aliphatic hydroxyl groups excluding tert-OH is 1. The number of alkyl carbamates (subject to hydrolysis) is 1. The van der Waals surface area contributed by atoms with Gasteiger partial charge in [0.1, 0.15) is 16.9 Å². The van der Waals surface area contributed by atoms with Gasteiger partial charge in [-0.15, -0.1) is 0 Å². The second-order valence-corrected chi connectivity index (χ2v) is 6.12.